The number of hydrogen-bond donors (Lipinski definition) is 1. The number of ketones is 1. The second kappa shape index (κ2) is 8.12. The highest BCUT2D eigenvalue weighted by molar-refractivity contribution is 5.97. The lowest BCUT2D eigenvalue weighted by molar-refractivity contribution is -0.118. The Bertz CT molecular complexity index is 902. The molecule has 0 atom stereocenters. The van der Waals surface area contributed by atoms with Gasteiger partial charge in [0.25, 0.3) is 5.91 Å². The van der Waals surface area contributed by atoms with Gasteiger partial charge in [0.05, 0.1) is 0 Å². The maximum absolute atomic E-state index is 12.0. The lowest BCUT2D eigenvalue weighted by Gasteiger charge is -2.09. The van der Waals surface area contributed by atoms with Crippen LogP contribution in [-0.4, -0.2) is 18.3 Å². The number of hydrogen-bond acceptors (Lipinski definition) is 3. The van der Waals surface area contributed by atoms with Crippen molar-refractivity contribution in [2.45, 2.75) is 6.92 Å². The molecule has 4 nitrogen and oxygen atoms in total. The molecule has 3 aromatic carbocycles. The highest BCUT2D eigenvalue weighted by Crippen LogP contribution is 2.22. The van der Waals surface area contributed by atoms with E-state index in [1.165, 1.54) is 6.92 Å². The average molecular weight is 345 g/mol. The van der Waals surface area contributed by atoms with Crippen LogP contribution in [0.25, 0.3) is 11.1 Å². The van der Waals surface area contributed by atoms with Crippen LogP contribution in [0.2, 0.25) is 0 Å². The van der Waals surface area contributed by atoms with Gasteiger partial charge >= 0.3 is 0 Å². The molecule has 0 saturated carbocycles. The maximum atomic E-state index is 12.0. The summed E-state index contributed by atoms with van der Waals surface area (Å²) < 4.78 is 5.53. The third-order valence-electron chi connectivity index (χ3n) is 3.88. The number of carbonyl (C=O) groups is 2. The van der Waals surface area contributed by atoms with Crippen molar-refractivity contribution in [3.8, 4) is 16.9 Å². The van der Waals surface area contributed by atoms with E-state index >= 15 is 0 Å². The van der Waals surface area contributed by atoms with Crippen LogP contribution in [0.4, 0.5) is 5.69 Å². The molecular formula is C22H19NO3. The van der Waals surface area contributed by atoms with E-state index in [0.717, 1.165) is 11.1 Å². The molecule has 3 aromatic rings. The van der Waals surface area contributed by atoms with Gasteiger partial charge in [0.15, 0.2) is 12.4 Å². The normalized spacial score (nSPS) is 10.2. The van der Waals surface area contributed by atoms with Crippen LogP contribution in [0, 0.1) is 0 Å². The zero-order valence-corrected chi connectivity index (χ0v) is 14.4. The van der Waals surface area contributed by atoms with Gasteiger partial charge in [0.1, 0.15) is 5.75 Å². The lowest BCUT2D eigenvalue weighted by Crippen LogP contribution is -2.20. The molecule has 0 aliphatic heterocycles. The lowest BCUT2D eigenvalue weighted by atomic mass is 10.1. The van der Waals surface area contributed by atoms with Crippen LogP contribution < -0.4 is 10.1 Å². The standard InChI is InChI=1S/C22H19NO3/c1-16(24)19-8-5-9-20(14-19)23-22(25)15-26-21-12-10-18(11-13-21)17-6-3-2-4-7-17/h2-14H,15H2,1H3,(H,23,25). The third-order valence-corrected chi connectivity index (χ3v) is 3.88. The van der Waals surface area contributed by atoms with Crippen molar-refractivity contribution in [2.24, 2.45) is 0 Å². The molecule has 0 aliphatic rings. The predicted molar refractivity (Wildman–Crippen MR) is 102 cm³/mol. The SMILES string of the molecule is CC(=O)c1cccc(NC(=O)COc2ccc(-c3ccccc3)cc2)c1. The van der Waals surface area contributed by atoms with E-state index in [9.17, 15) is 9.59 Å². The fraction of sp³-hybridized carbons (Fsp3) is 0.0909. The van der Waals surface area contributed by atoms with Crippen molar-refractivity contribution in [3.05, 3.63) is 84.4 Å². The minimum absolute atomic E-state index is 0.0455. The number of anilines is 1. The highest BCUT2D eigenvalue weighted by atomic mass is 16.5. The highest BCUT2D eigenvalue weighted by Gasteiger charge is 2.06. The molecule has 130 valence electrons. The van der Waals surface area contributed by atoms with E-state index in [1.807, 2.05) is 54.6 Å². The predicted octanol–water partition coefficient (Wildman–Crippen LogP) is 4.57. The van der Waals surface area contributed by atoms with Crippen molar-refractivity contribution in [3.63, 3.8) is 0 Å². The fourth-order valence-corrected chi connectivity index (χ4v) is 2.54. The fourth-order valence-electron chi connectivity index (χ4n) is 2.54. The Kier molecular flexibility index (Phi) is 5.44. The first-order valence-corrected chi connectivity index (χ1v) is 8.31. The van der Waals surface area contributed by atoms with Gasteiger partial charge in [-0.2, -0.15) is 0 Å². The molecule has 0 heterocycles. The molecule has 0 unspecified atom stereocenters. The Morgan fingerprint density at radius 2 is 1.54 bits per heavy atom. The van der Waals surface area contributed by atoms with Crippen LogP contribution in [0.5, 0.6) is 5.75 Å². The first-order valence-electron chi connectivity index (χ1n) is 8.31. The number of rotatable bonds is 6. The molecular weight excluding hydrogens is 326 g/mol. The summed E-state index contributed by atoms with van der Waals surface area (Å²) in [4.78, 5) is 23.4. The van der Waals surface area contributed by atoms with Crippen molar-refractivity contribution >= 4 is 17.4 Å². The van der Waals surface area contributed by atoms with Crippen molar-refractivity contribution in [1.82, 2.24) is 0 Å². The van der Waals surface area contributed by atoms with E-state index in [4.69, 9.17) is 4.74 Å². The summed E-state index contributed by atoms with van der Waals surface area (Å²) in [6.45, 7) is 1.39. The van der Waals surface area contributed by atoms with Crippen molar-refractivity contribution < 1.29 is 14.3 Å². The number of Topliss-reactive ketones (excluding diaryl/α,β-unsaturated/α-hetero) is 1. The van der Waals surface area contributed by atoms with Gasteiger partial charge in [-0.1, -0.05) is 54.6 Å². The quantitative estimate of drug-likeness (QED) is 0.666. The Hall–Kier alpha value is -3.40. The summed E-state index contributed by atoms with van der Waals surface area (Å²) in [7, 11) is 0. The van der Waals surface area contributed by atoms with Crippen LogP contribution in [0.3, 0.4) is 0 Å². The molecule has 1 N–H and O–H groups in total. The summed E-state index contributed by atoms with van der Waals surface area (Å²) in [5, 5.41) is 2.73. The monoisotopic (exact) mass is 345 g/mol. The third kappa shape index (κ3) is 4.57. The summed E-state index contributed by atoms with van der Waals surface area (Å²) in [6, 6.07) is 24.5. The minimum Gasteiger partial charge on any atom is -0.484 e. The molecule has 0 aromatic heterocycles. The first kappa shape index (κ1) is 17.4. The van der Waals surface area contributed by atoms with Gasteiger partial charge in [-0.3, -0.25) is 9.59 Å². The number of amides is 1. The number of benzene rings is 3. The van der Waals surface area contributed by atoms with Crippen LogP contribution in [0.1, 0.15) is 17.3 Å². The topological polar surface area (TPSA) is 55.4 Å². The molecule has 0 spiro atoms. The van der Waals surface area contributed by atoms with E-state index in [-0.39, 0.29) is 18.3 Å². The van der Waals surface area contributed by atoms with E-state index in [0.29, 0.717) is 17.0 Å². The Labute approximate surface area is 152 Å². The number of ether oxygens (including phenoxy) is 1. The van der Waals surface area contributed by atoms with Gasteiger partial charge in [-0.15, -0.1) is 0 Å². The van der Waals surface area contributed by atoms with E-state index < -0.39 is 0 Å². The summed E-state index contributed by atoms with van der Waals surface area (Å²) in [5.41, 5.74) is 3.34. The van der Waals surface area contributed by atoms with Crippen LogP contribution >= 0.6 is 0 Å². The number of carbonyl (C=O) groups excluding carboxylic acids is 2. The molecule has 1 amide bonds. The van der Waals surface area contributed by atoms with Gasteiger partial charge in [0.2, 0.25) is 0 Å². The minimum atomic E-state index is -0.280. The van der Waals surface area contributed by atoms with Crippen LogP contribution in [0.15, 0.2) is 78.9 Å². The Morgan fingerprint density at radius 3 is 2.23 bits per heavy atom. The average Bonchev–Trinajstić information content (AvgIpc) is 2.68. The maximum Gasteiger partial charge on any atom is 0.262 e. The molecule has 0 fully saturated rings. The molecule has 0 bridgehead atoms. The second-order valence-electron chi connectivity index (χ2n) is 5.86. The zero-order valence-electron chi connectivity index (χ0n) is 14.4. The smallest absolute Gasteiger partial charge is 0.262 e. The number of nitrogens with one attached hydrogen (secondary N) is 1. The van der Waals surface area contributed by atoms with Crippen molar-refractivity contribution in [1.29, 1.82) is 0 Å². The van der Waals surface area contributed by atoms with Gasteiger partial charge in [-0.05, 0) is 42.3 Å². The molecule has 3 rings (SSSR count). The molecule has 4 heteroatoms. The molecule has 26 heavy (non-hydrogen) atoms. The summed E-state index contributed by atoms with van der Waals surface area (Å²) in [5.74, 6) is 0.297. The van der Waals surface area contributed by atoms with E-state index in [2.05, 4.69) is 5.32 Å². The van der Waals surface area contributed by atoms with Gasteiger partial charge < -0.3 is 10.1 Å². The summed E-state index contributed by atoms with van der Waals surface area (Å²) in [6.07, 6.45) is 0. The Balaban J connectivity index is 1.56. The van der Waals surface area contributed by atoms with E-state index in [1.54, 1.807) is 24.3 Å². The molecule has 0 saturated heterocycles. The largest absolute Gasteiger partial charge is 0.484 e. The van der Waals surface area contributed by atoms with Crippen LogP contribution in [-0.2, 0) is 4.79 Å². The summed E-state index contributed by atoms with van der Waals surface area (Å²) >= 11 is 0. The van der Waals surface area contributed by atoms with Gasteiger partial charge in [-0.25, -0.2) is 0 Å². The molecule has 0 aliphatic carbocycles. The zero-order chi connectivity index (χ0) is 18.4. The first-order chi connectivity index (χ1) is 12.6. The molecule has 0 radical (unpaired) electrons. The van der Waals surface area contributed by atoms with Crippen molar-refractivity contribution in [2.75, 3.05) is 11.9 Å². The second-order valence-corrected chi connectivity index (χ2v) is 5.86. The van der Waals surface area contributed by atoms with Gasteiger partial charge in [0, 0.05) is 11.3 Å². The Morgan fingerprint density at radius 1 is 0.846 bits per heavy atom.